The number of thiophene rings is 1. The minimum Gasteiger partial charge on any atom is -0.345 e. The van der Waals surface area contributed by atoms with Crippen LogP contribution in [0.15, 0.2) is 40.2 Å². The monoisotopic (exact) mass is 440 g/mol. The fourth-order valence-electron chi connectivity index (χ4n) is 2.47. The van der Waals surface area contributed by atoms with Gasteiger partial charge in [-0.2, -0.15) is 4.98 Å². The van der Waals surface area contributed by atoms with Gasteiger partial charge in [-0.05, 0) is 42.1 Å². The van der Waals surface area contributed by atoms with Gasteiger partial charge in [-0.25, -0.2) is 8.42 Å². The van der Waals surface area contributed by atoms with E-state index in [-0.39, 0.29) is 19.0 Å². The van der Waals surface area contributed by atoms with Crippen LogP contribution in [0.1, 0.15) is 11.5 Å². The first kappa shape index (κ1) is 20.3. The van der Waals surface area contributed by atoms with E-state index in [0.717, 1.165) is 15.4 Å². The highest BCUT2D eigenvalue weighted by Crippen LogP contribution is 2.25. The van der Waals surface area contributed by atoms with Crippen molar-refractivity contribution in [3.8, 4) is 10.7 Å². The second-order valence-corrected chi connectivity index (χ2v) is 9.26. The summed E-state index contributed by atoms with van der Waals surface area (Å²) in [6.07, 6.45) is 1.04. The number of hydrogen-bond donors (Lipinski definition) is 1. The van der Waals surface area contributed by atoms with Crippen molar-refractivity contribution in [2.75, 3.05) is 17.1 Å². The maximum atomic E-state index is 12.3. The molecule has 0 saturated heterocycles. The Morgan fingerprint density at radius 3 is 2.79 bits per heavy atom. The van der Waals surface area contributed by atoms with Gasteiger partial charge in [0.05, 0.1) is 23.4 Å². The summed E-state index contributed by atoms with van der Waals surface area (Å²) < 4.78 is 30.5. The van der Waals surface area contributed by atoms with Crippen LogP contribution in [-0.4, -0.2) is 37.3 Å². The Bertz CT molecular complexity index is 1080. The molecule has 11 heteroatoms. The Balaban J connectivity index is 1.68. The van der Waals surface area contributed by atoms with E-state index in [1.165, 1.54) is 11.3 Å². The van der Waals surface area contributed by atoms with Gasteiger partial charge in [0.1, 0.15) is 6.54 Å². The molecule has 2 heterocycles. The number of carbonyl (C=O) groups excluding carboxylic acids is 1. The van der Waals surface area contributed by atoms with Crippen molar-refractivity contribution in [3.63, 3.8) is 0 Å². The van der Waals surface area contributed by atoms with Gasteiger partial charge in [-0.15, -0.1) is 11.3 Å². The summed E-state index contributed by atoms with van der Waals surface area (Å²) in [4.78, 5) is 17.4. The smallest absolute Gasteiger partial charge is 0.246 e. The summed E-state index contributed by atoms with van der Waals surface area (Å²) in [7, 11) is -3.68. The Labute approximate surface area is 171 Å². The lowest BCUT2D eigenvalue weighted by molar-refractivity contribution is -0.119. The zero-order valence-electron chi connectivity index (χ0n) is 15.0. The van der Waals surface area contributed by atoms with Crippen molar-refractivity contribution in [3.05, 3.63) is 52.2 Å². The zero-order chi connectivity index (χ0) is 20.3. The molecular formula is C17H17ClN4O4S2. The van der Waals surface area contributed by atoms with E-state index < -0.39 is 15.9 Å². The summed E-state index contributed by atoms with van der Waals surface area (Å²) >= 11 is 7.40. The lowest BCUT2D eigenvalue weighted by Crippen LogP contribution is -2.40. The van der Waals surface area contributed by atoms with Gasteiger partial charge in [-0.1, -0.05) is 22.8 Å². The van der Waals surface area contributed by atoms with Crippen LogP contribution in [-0.2, 0) is 21.4 Å². The number of benzene rings is 1. The van der Waals surface area contributed by atoms with Gasteiger partial charge >= 0.3 is 0 Å². The molecule has 0 saturated carbocycles. The highest BCUT2D eigenvalue weighted by Gasteiger charge is 2.22. The van der Waals surface area contributed by atoms with E-state index >= 15 is 0 Å². The zero-order valence-corrected chi connectivity index (χ0v) is 17.4. The molecule has 0 spiro atoms. The molecule has 0 bridgehead atoms. The quantitative estimate of drug-likeness (QED) is 0.605. The van der Waals surface area contributed by atoms with Gasteiger partial charge < -0.3 is 9.84 Å². The fourth-order valence-corrected chi connectivity index (χ4v) is 4.26. The molecule has 148 valence electrons. The van der Waals surface area contributed by atoms with Crippen molar-refractivity contribution in [1.29, 1.82) is 0 Å². The average Bonchev–Trinajstić information content (AvgIpc) is 3.29. The molecule has 0 unspecified atom stereocenters. The number of amides is 1. The lowest BCUT2D eigenvalue weighted by atomic mass is 10.2. The predicted molar refractivity (Wildman–Crippen MR) is 108 cm³/mol. The molecule has 0 fully saturated rings. The highest BCUT2D eigenvalue weighted by atomic mass is 35.5. The van der Waals surface area contributed by atoms with Crippen LogP contribution in [0.5, 0.6) is 0 Å². The minimum absolute atomic E-state index is 0.00555. The summed E-state index contributed by atoms with van der Waals surface area (Å²) in [6, 6.07) is 8.51. The van der Waals surface area contributed by atoms with Gasteiger partial charge in [0, 0.05) is 5.02 Å². The van der Waals surface area contributed by atoms with Crippen molar-refractivity contribution in [1.82, 2.24) is 15.5 Å². The molecule has 0 atom stereocenters. The van der Waals surface area contributed by atoms with E-state index in [0.29, 0.717) is 22.1 Å². The van der Waals surface area contributed by atoms with Gasteiger partial charge in [0.15, 0.2) is 0 Å². The Morgan fingerprint density at radius 1 is 1.36 bits per heavy atom. The molecule has 3 rings (SSSR count). The molecule has 0 radical (unpaired) electrons. The third-order valence-corrected chi connectivity index (χ3v) is 5.99. The number of rotatable bonds is 7. The molecule has 0 aliphatic rings. The number of nitrogens with one attached hydrogen (secondary N) is 1. The molecule has 2 aromatic heterocycles. The number of hydrogen-bond acceptors (Lipinski definition) is 7. The Hall–Kier alpha value is -2.43. The van der Waals surface area contributed by atoms with E-state index in [1.807, 2.05) is 17.5 Å². The Morgan fingerprint density at radius 2 is 2.14 bits per heavy atom. The molecule has 1 N–H and O–H groups in total. The molecular weight excluding hydrogens is 424 g/mol. The summed E-state index contributed by atoms with van der Waals surface area (Å²) in [6.45, 7) is 1.34. The molecule has 28 heavy (non-hydrogen) atoms. The van der Waals surface area contributed by atoms with Crippen LogP contribution in [0.2, 0.25) is 5.02 Å². The van der Waals surface area contributed by atoms with Crippen molar-refractivity contribution >= 4 is 44.6 Å². The summed E-state index contributed by atoms with van der Waals surface area (Å²) in [5, 5.41) is 8.83. The van der Waals surface area contributed by atoms with Crippen molar-refractivity contribution < 1.29 is 17.7 Å². The fraction of sp³-hybridized carbons (Fsp3) is 0.235. The summed E-state index contributed by atoms with van der Waals surface area (Å²) in [5.74, 6) is 0.162. The SMILES string of the molecule is Cc1cc(Cl)ccc1N(CC(=O)NCc1nc(-c2cccs2)no1)S(C)(=O)=O. The van der Waals surface area contributed by atoms with E-state index in [2.05, 4.69) is 15.5 Å². The van der Waals surface area contributed by atoms with Crippen LogP contribution in [0, 0.1) is 6.92 Å². The van der Waals surface area contributed by atoms with Crippen LogP contribution in [0.4, 0.5) is 5.69 Å². The lowest BCUT2D eigenvalue weighted by Gasteiger charge is -2.23. The number of carbonyl (C=O) groups is 1. The molecule has 0 aliphatic heterocycles. The standard InChI is InChI=1S/C17H17ClN4O4S2/c1-11-8-12(18)5-6-13(11)22(28(2,24)25)10-15(23)19-9-16-20-17(21-26-16)14-4-3-7-27-14/h3-8H,9-10H2,1-2H3,(H,19,23). The third kappa shape index (κ3) is 4.89. The van der Waals surface area contributed by atoms with Gasteiger partial charge in [0.2, 0.25) is 27.6 Å². The predicted octanol–water partition coefficient (Wildman–Crippen LogP) is 2.84. The number of nitrogens with zero attached hydrogens (tertiary/aromatic N) is 3. The first-order valence-electron chi connectivity index (χ1n) is 8.11. The number of aromatic nitrogens is 2. The van der Waals surface area contributed by atoms with Crippen LogP contribution >= 0.6 is 22.9 Å². The first-order chi connectivity index (χ1) is 13.2. The number of sulfonamides is 1. The number of halogens is 1. The van der Waals surface area contributed by atoms with Crippen LogP contribution in [0.3, 0.4) is 0 Å². The minimum atomic E-state index is -3.68. The van der Waals surface area contributed by atoms with Crippen molar-refractivity contribution in [2.24, 2.45) is 0 Å². The molecule has 3 aromatic rings. The normalized spacial score (nSPS) is 11.4. The van der Waals surface area contributed by atoms with Crippen molar-refractivity contribution in [2.45, 2.75) is 13.5 Å². The number of aryl methyl sites for hydroxylation is 1. The first-order valence-corrected chi connectivity index (χ1v) is 11.2. The number of anilines is 1. The molecule has 1 aromatic carbocycles. The molecule has 1 amide bonds. The van der Waals surface area contributed by atoms with Gasteiger partial charge in [0.25, 0.3) is 0 Å². The second-order valence-electron chi connectivity index (χ2n) is 5.97. The summed E-state index contributed by atoms with van der Waals surface area (Å²) in [5.41, 5.74) is 1.03. The van der Waals surface area contributed by atoms with E-state index in [4.69, 9.17) is 16.1 Å². The van der Waals surface area contributed by atoms with Crippen LogP contribution < -0.4 is 9.62 Å². The molecule has 8 nitrogen and oxygen atoms in total. The maximum absolute atomic E-state index is 12.3. The third-order valence-electron chi connectivity index (χ3n) is 3.76. The Kier molecular flexibility index (Phi) is 6.01. The largest absolute Gasteiger partial charge is 0.345 e. The van der Waals surface area contributed by atoms with Gasteiger partial charge in [-0.3, -0.25) is 9.10 Å². The van der Waals surface area contributed by atoms with Crippen LogP contribution in [0.25, 0.3) is 10.7 Å². The highest BCUT2D eigenvalue weighted by molar-refractivity contribution is 7.92. The topological polar surface area (TPSA) is 105 Å². The molecule has 0 aliphatic carbocycles. The maximum Gasteiger partial charge on any atom is 0.246 e. The second kappa shape index (κ2) is 8.29. The van der Waals surface area contributed by atoms with E-state index in [1.54, 1.807) is 25.1 Å². The average molecular weight is 441 g/mol. The van der Waals surface area contributed by atoms with E-state index in [9.17, 15) is 13.2 Å².